The van der Waals surface area contributed by atoms with E-state index in [4.69, 9.17) is 5.26 Å². The first-order chi connectivity index (χ1) is 12.0. The van der Waals surface area contributed by atoms with Gasteiger partial charge in [-0.3, -0.25) is 14.5 Å². The first-order valence-corrected chi connectivity index (χ1v) is 7.57. The van der Waals surface area contributed by atoms with Crippen LogP contribution in [0, 0.1) is 11.3 Å². The van der Waals surface area contributed by atoms with Crippen molar-refractivity contribution in [1.29, 1.82) is 5.26 Å². The molecule has 1 heterocycles. The van der Waals surface area contributed by atoms with Gasteiger partial charge in [-0.2, -0.15) is 5.26 Å². The van der Waals surface area contributed by atoms with E-state index in [0.717, 1.165) is 0 Å². The molecule has 2 N–H and O–H groups in total. The second-order valence-electron chi connectivity index (χ2n) is 5.60. The molecule has 0 radical (unpaired) electrons. The van der Waals surface area contributed by atoms with E-state index in [9.17, 15) is 14.7 Å². The Labute approximate surface area is 144 Å². The van der Waals surface area contributed by atoms with Crippen molar-refractivity contribution in [1.82, 2.24) is 0 Å². The van der Waals surface area contributed by atoms with E-state index in [1.807, 2.05) is 12.1 Å². The van der Waals surface area contributed by atoms with Crippen molar-refractivity contribution in [3.8, 4) is 6.07 Å². The molecule has 1 aliphatic rings. The lowest BCUT2D eigenvalue weighted by Gasteiger charge is -2.18. The van der Waals surface area contributed by atoms with Crippen LogP contribution in [0.25, 0.3) is 0 Å². The summed E-state index contributed by atoms with van der Waals surface area (Å²) in [5.41, 5.74) is -0.340. The third-order valence-electron chi connectivity index (χ3n) is 4.09. The fraction of sp³-hybridized carbons (Fsp3) is 0.105. The van der Waals surface area contributed by atoms with Crippen molar-refractivity contribution in [2.75, 3.05) is 10.2 Å². The average Bonchev–Trinajstić information content (AvgIpc) is 2.83. The predicted octanol–water partition coefficient (Wildman–Crippen LogP) is 2.53. The molecule has 2 aromatic carbocycles. The predicted molar refractivity (Wildman–Crippen MR) is 92.6 cm³/mol. The van der Waals surface area contributed by atoms with Crippen LogP contribution in [-0.4, -0.2) is 16.9 Å². The second-order valence-corrected chi connectivity index (χ2v) is 5.60. The molecule has 0 fully saturated rings. The zero-order valence-corrected chi connectivity index (χ0v) is 13.3. The highest BCUT2D eigenvalue weighted by atomic mass is 16.3. The Morgan fingerprint density at radius 1 is 1.32 bits per heavy atom. The van der Waals surface area contributed by atoms with E-state index in [2.05, 4.69) is 11.9 Å². The normalized spacial score (nSPS) is 18.4. The SMILES string of the molecule is C=CN1C(=O)C(O)(CC#N)c2cc(NC(=O)c3ccccc3)ccc21. The Balaban J connectivity index is 1.98. The minimum absolute atomic E-state index is 0.268. The lowest BCUT2D eigenvalue weighted by Crippen LogP contribution is -2.37. The van der Waals surface area contributed by atoms with E-state index in [1.54, 1.807) is 36.4 Å². The summed E-state index contributed by atoms with van der Waals surface area (Å²) in [6.07, 6.45) is 0.901. The Morgan fingerprint density at radius 3 is 2.68 bits per heavy atom. The van der Waals surface area contributed by atoms with Gasteiger partial charge in [0.2, 0.25) is 0 Å². The van der Waals surface area contributed by atoms with Gasteiger partial charge in [0, 0.05) is 23.0 Å². The molecule has 1 atom stereocenters. The first kappa shape index (κ1) is 16.4. The molecule has 6 nitrogen and oxygen atoms in total. The molecule has 25 heavy (non-hydrogen) atoms. The summed E-state index contributed by atoms with van der Waals surface area (Å²) in [5, 5.41) is 22.4. The fourth-order valence-electron chi connectivity index (χ4n) is 2.84. The molecule has 0 aromatic heterocycles. The van der Waals surface area contributed by atoms with Crippen LogP contribution < -0.4 is 10.2 Å². The molecule has 0 saturated carbocycles. The van der Waals surface area contributed by atoms with Gasteiger partial charge in [0.05, 0.1) is 18.2 Å². The topological polar surface area (TPSA) is 93.4 Å². The molecular weight excluding hydrogens is 318 g/mol. The van der Waals surface area contributed by atoms with Crippen molar-refractivity contribution >= 4 is 23.2 Å². The van der Waals surface area contributed by atoms with Gasteiger partial charge in [0.1, 0.15) is 0 Å². The number of carbonyl (C=O) groups is 2. The van der Waals surface area contributed by atoms with Crippen LogP contribution in [0.3, 0.4) is 0 Å². The molecule has 2 aromatic rings. The molecular formula is C19H15N3O3. The fourth-order valence-corrected chi connectivity index (χ4v) is 2.84. The van der Waals surface area contributed by atoms with Crippen LogP contribution in [0.4, 0.5) is 11.4 Å². The average molecular weight is 333 g/mol. The maximum atomic E-state index is 12.4. The summed E-state index contributed by atoms with van der Waals surface area (Å²) >= 11 is 0. The van der Waals surface area contributed by atoms with Crippen molar-refractivity contribution in [2.45, 2.75) is 12.0 Å². The van der Waals surface area contributed by atoms with Crippen LogP contribution in [0.5, 0.6) is 0 Å². The maximum Gasteiger partial charge on any atom is 0.268 e. The quantitative estimate of drug-likeness (QED) is 0.899. The number of aliphatic hydroxyl groups is 1. The molecule has 0 bridgehead atoms. The Bertz CT molecular complexity index is 902. The molecule has 6 heteroatoms. The summed E-state index contributed by atoms with van der Waals surface area (Å²) in [4.78, 5) is 25.9. The minimum Gasteiger partial charge on any atom is -0.374 e. The van der Waals surface area contributed by atoms with E-state index < -0.39 is 11.5 Å². The summed E-state index contributed by atoms with van der Waals surface area (Å²) in [5.74, 6) is -0.945. The van der Waals surface area contributed by atoms with Crippen LogP contribution >= 0.6 is 0 Å². The Kier molecular flexibility index (Phi) is 4.09. The van der Waals surface area contributed by atoms with E-state index >= 15 is 0 Å². The number of hydrogen-bond acceptors (Lipinski definition) is 4. The summed E-state index contributed by atoms with van der Waals surface area (Å²) < 4.78 is 0. The molecule has 124 valence electrons. The van der Waals surface area contributed by atoms with Crippen molar-refractivity contribution < 1.29 is 14.7 Å². The van der Waals surface area contributed by atoms with Gasteiger partial charge in [-0.1, -0.05) is 24.8 Å². The van der Waals surface area contributed by atoms with Crippen LogP contribution in [-0.2, 0) is 10.4 Å². The summed E-state index contributed by atoms with van der Waals surface area (Å²) in [6.45, 7) is 3.57. The number of rotatable bonds is 4. The van der Waals surface area contributed by atoms with Crippen LogP contribution in [0.2, 0.25) is 0 Å². The van der Waals surface area contributed by atoms with Crippen molar-refractivity contribution in [3.05, 3.63) is 72.4 Å². The minimum atomic E-state index is -1.95. The molecule has 3 rings (SSSR count). The second kappa shape index (κ2) is 6.23. The first-order valence-electron chi connectivity index (χ1n) is 7.57. The Morgan fingerprint density at radius 2 is 2.04 bits per heavy atom. The van der Waals surface area contributed by atoms with E-state index in [1.165, 1.54) is 17.2 Å². The number of nitrogens with one attached hydrogen (secondary N) is 1. The van der Waals surface area contributed by atoms with Crippen molar-refractivity contribution in [3.63, 3.8) is 0 Å². The molecule has 1 aliphatic heterocycles. The third-order valence-corrected chi connectivity index (χ3v) is 4.09. The number of hydrogen-bond donors (Lipinski definition) is 2. The number of benzene rings is 2. The number of nitrogens with zero attached hydrogens (tertiary/aromatic N) is 2. The lowest BCUT2D eigenvalue weighted by molar-refractivity contribution is -0.135. The Hall–Kier alpha value is -3.43. The molecule has 0 saturated heterocycles. The third kappa shape index (κ3) is 2.67. The van der Waals surface area contributed by atoms with Gasteiger partial charge >= 0.3 is 0 Å². The zero-order valence-electron chi connectivity index (χ0n) is 13.3. The monoisotopic (exact) mass is 333 g/mol. The lowest BCUT2D eigenvalue weighted by atomic mass is 9.92. The van der Waals surface area contributed by atoms with E-state index in [-0.39, 0.29) is 17.9 Å². The van der Waals surface area contributed by atoms with Gasteiger partial charge in [-0.15, -0.1) is 0 Å². The van der Waals surface area contributed by atoms with Crippen LogP contribution in [0.1, 0.15) is 22.3 Å². The standard InChI is InChI=1S/C19H15N3O3/c1-2-22-16-9-8-14(21-17(23)13-6-4-3-5-7-13)12-15(16)19(25,10-11-20)18(22)24/h2-9,12,25H,1,10H2,(H,21,23). The van der Waals surface area contributed by atoms with Gasteiger partial charge in [-0.05, 0) is 30.3 Å². The number of amides is 2. The smallest absolute Gasteiger partial charge is 0.268 e. The highest BCUT2D eigenvalue weighted by Gasteiger charge is 2.49. The molecule has 1 unspecified atom stereocenters. The van der Waals surface area contributed by atoms with Gasteiger partial charge in [0.25, 0.3) is 11.8 Å². The van der Waals surface area contributed by atoms with Gasteiger partial charge in [-0.25, -0.2) is 0 Å². The van der Waals surface area contributed by atoms with Crippen LogP contribution in [0.15, 0.2) is 61.3 Å². The summed E-state index contributed by atoms with van der Waals surface area (Å²) in [7, 11) is 0. The van der Waals surface area contributed by atoms with Crippen molar-refractivity contribution in [2.24, 2.45) is 0 Å². The molecule has 0 aliphatic carbocycles. The molecule has 2 amide bonds. The number of fused-ring (bicyclic) bond motifs is 1. The number of anilines is 2. The molecule has 0 spiro atoms. The number of carbonyl (C=O) groups excluding carboxylic acids is 2. The van der Waals surface area contributed by atoms with Gasteiger partial charge in [0.15, 0.2) is 5.60 Å². The summed E-state index contributed by atoms with van der Waals surface area (Å²) in [6, 6.07) is 15.2. The number of nitriles is 1. The van der Waals surface area contributed by atoms with Gasteiger partial charge < -0.3 is 10.4 Å². The largest absolute Gasteiger partial charge is 0.374 e. The zero-order chi connectivity index (χ0) is 18.0. The highest BCUT2D eigenvalue weighted by Crippen LogP contribution is 2.43. The maximum absolute atomic E-state index is 12.4. The highest BCUT2D eigenvalue weighted by molar-refractivity contribution is 6.09. The van der Waals surface area contributed by atoms with E-state index in [0.29, 0.717) is 16.9 Å².